The molecule has 0 N–H and O–H groups in total. The van der Waals surface area contributed by atoms with Crippen LogP contribution < -0.4 is 19.6 Å². The highest BCUT2D eigenvalue weighted by Gasteiger charge is 2.21. The molecule has 18 aromatic carbocycles. The number of benzene rings is 18. The van der Waals surface area contributed by atoms with Crippen LogP contribution in [0, 0.1) is 0 Å². The molecule has 0 saturated heterocycles. The molecule has 18 rings (SSSR count). The van der Waals surface area contributed by atoms with Gasteiger partial charge in [0.1, 0.15) is 0 Å². The van der Waals surface area contributed by atoms with Crippen LogP contribution >= 0.6 is 0 Å². The van der Waals surface area contributed by atoms with Gasteiger partial charge in [-0.15, -0.1) is 0 Å². The molecule has 1 atom stereocenters. The average molecular weight is 1410 g/mol. The quantitative estimate of drug-likeness (QED) is 0.0754. The summed E-state index contributed by atoms with van der Waals surface area (Å²) in [6.45, 7) is 2.30. The predicted octanol–water partition coefficient (Wildman–Crippen LogP) is 30.0. The summed E-state index contributed by atoms with van der Waals surface area (Å²) in [6, 6.07) is 163. The molecule has 522 valence electrons. The average Bonchev–Trinajstić information content (AvgIpc) is 0.780. The van der Waals surface area contributed by atoms with Crippen molar-refractivity contribution in [1.82, 2.24) is 0 Å². The van der Waals surface area contributed by atoms with Crippen molar-refractivity contribution < 1.29 is 0 Å². The minimum absolute atomic E-state index is 0.202. The normalized spacial score (nSPS) is 11.5. The summed E-state index contributed by atoms with van der Waals surface area (Å²) in [4.78, 5) is 9.43. The van der Waals surface area contributed by atoms with Gasteiger partial charge in [-0.25, -0.2) is 0 Å². The standard InChI is InChI=1S/C106H78N4/c1-76(78-45-60-101(61-46-78)109(94-30-13-5-14-31-94)105-35-19-26-90-25-17-18-34-103(90)105)77-37-39-81(40-38-77)88-55-72-102(73-56-88)110(95-32-15-6-16-33-95)106-36-20-27-92-75-91(59-74-104(92)106)89-57-70-100(71-58-89)108(98-64-49-85(50-65-98)80-23-9-3-10-24-80)99-68-53-87(54-69-99)83-43-41-82(42-44-83)86-51-66-97(67-52-86)107(93-28-11-4-12-29-93)96-62-47-84(48-63-96)79-21-7-2-8-22-79/h2-76H,1H3. The van der Waals surface area contributed by atoms with Gasteiger partial charge >= 0.3 is 0 Å². The minimum Gasteiger partial charge on any atom is -0.311 e. The molecule has 110 heavy (non-hydrogen) atoms. The molecular weight excluding hydrogens is 1330 g/mol. The first-order valence-corrected chi connectivity index (χ1v) is 37.8. The van der Waals surface area contributed by atoms with Crippen molar-refractivity contribution in [3.8, 4) is 66.8 Å². The van der Waals surface area contributed by atoms with E-state index in [2.05, 4.69) is 475 Å². The molecule has 0 radical (unpaired) electrons. The Morgan fingerprint density at radius 3 is 0.736 bits per heavy atom. The van der Waals surface area contributed by atoms with Gasteiger partial charge in [-0.3, -0.25) is 0 Å². The highest BCUT2D eigenvalue weighted by Crippen LogP contribution is 2.45. The van der Waals surface area contributed by atoms with Crippen LogP contribution in [0.25, 0.3) is 88.3 Å². The second-order valence-electron chi connectivity index (χ2n) is 28.1. The number of hydrogen-bond donors (Lipinski definition) is 0. The maximum Gasteiger partial charge on any atom is 0.0540 e. The molecule has 0 amide bonds. The molecule has 1 unspecified atom stereocenters. The number of anilines is 12. The summed E-state index contributed by atoms with van der Waals surface area (Å²) in [6.07, 6.45) is 0. The van der Waals surface area contributed by atoms with Gasteiger partial charge in [-0.2, -0.15) is 0 Å². The number of para-hydroxylation sites is 3. The van der Waals surface area contributed by atoms with Gasteiger partial charge in [0.05, 0.1) is 11.4 Å². The second kappa shape index (κ2) is 30.6. The fourth-order valence-corrected chi connectivity index (χ4v) is 15.5. The van der Waals surface area contributed by atoms with E-state index in [4.69, 9.17) is 0 Å². The van der Waals surface area contributed by atoms with Crippen molar-refractivity contribution in [2.24, 2.45) is 0 Å². The largest absolute Gasteiger partial charge is 0.311 e. The topological polar surface area (TPSA) is 13.0 Å². The summed E-state index contributed by atoms with van der Waals surface area (Å²) < 4.78 is 0. The number of fused-ring (bicyclic) bond motifs is 2. The Morgan fingerprint density at radius 2 is 0.373 bits per heavy atom. The van der Waals surface area contributed by atoms with E-state index >= 15 is 0 Å². The van der Waals surface area contributed by atoms with Gasteiger partial charge in [-0.1, -0.05) is 316 Å². The Bertz CT molecular complexity index is 6120. The van der Waals surface area contributed by atoms with Crippen LogP contribution in [-0.4, -0.2) is 0 Å². The fraction of sp³-hybridized carbons (Fsp3) is 0.0189. The van der Waals surface area contributed by atoms with Crippen LogP contribution in [0.4, 0.5) is 68.2 Å². The first-order valence-electron chi connectivity index (χ1n) is 37.8. The zero-order chi connectivity index (χ0) is 73.5. The molecule has 4 heteroatoms. The van der Waals surface area contributed by atoms with E-state index in [0.29, 0.717) is 0 Å². The Morgan fingerprint density at radius 1 is 0.155 bits per heavy atom. The van der Waals surface area contributed by atoms with Crippen LogP contribution in [-0.2, 0) is 0 Å². The molecule has 4 nitrogen and oxygen atoms in total. The van der Waals surface area contributed by atoms with Crippen molar-refractivity contribution in [2.75, 3.05) is 19.6 Å². The molecule has 0 fully saturated rings. The minimum atomic E-state index is 0.202. The molecule has 0 saturated carbocycles. The van der Waals surface area contributed by atoms with Crippen LogP contribution in [0.5, 0.6) is 0 Å². The summed E-state index contributed by atoms with van der Waals surface area (Å²) in [5.41, 5.74) is 29.8. The van der Waals surface area contributed by atoms with Gasteiger partial charge in [-0.05, 0) is 228 Å². The molecule has 0 bridgehead atoms. The lowest BCUT2D eigenvalue weighted by Gasteiger charge is -2.27. The van der Waals surface area contributed by atoms with Crippen LogP contribution in [0.1, 0.15) is 24.0 Å². The lowest BCUT2D eigenvalue weighted by Crippen LogP contribution is -2.10. The van der Waals surface area contributed by atoms with Gasteiger partial charge in [0.15, 0.2) is 0 Å². The third kappa shape index (κ3) is 14.0. The van der Waals surface area contributed by atoms with Crippen LogP contribution in [0.3, 0.4) is 0 Å². The zero-order valence-electron chi connectivity index (χ0n) is 61.1. The van der Waals surface area contributed by atoms with E-state index in [0.717, 1.165) is 96.1 Å². The number of rotatable bonds is 20. The monoisotopic (exact) mass is 1410 g/mol. The van der Waals surface area contributed by atoms with E-state index in [1.807, 2.05) is 0 Å². The Labute approximate surface area is 644 Å². The molecule has 0 aliphatic carbocycles. The van der Waals surface area contributed by atoms with Crippen LogP contribution in [0.15, 0.2) is 449 Å². The smallest absolute Gasteiger partial charge is 0.0540 e. The van der Waals surface area contributed by atoms with E-state index in [-0.39, 0.29) is 5.92 Å². The van der Waals surface area contributed by atoms with Crippen molar-refractivity contribution in [3.05, 3.63) is 460 Å². The molecule has 0 spiro atoms. The van der Waals surface area contributed by atoms with Crippen molar-refractivity contribution in [3.63, 3.8) is 0 Å². The number of nitrogens with zero attached hydrogens (tertiary/aromatic N) is 4. The van der Waals surface area contributed by atoms with Crippen molar-refractivity contribution in [1.29, 1.82) is 0 Å². The highest BCUT2D eigenvalue weighted by atomic mass is 15.2. The molecule has 18 aromatic rings. The first-order chi connectivity index (χ1) is 54.4. The summed E-state index contributed by atoms with van der Waals surface area (Å²) in [5, 5.41) is 4.77. The maximum absolute atomic E-state index is 2.38. The Kier molecular flexibility index (Phi) is 18.8. The third-order valence-corrected chi connectivity index (χ3v) is 21.4. The Balaban J connectivity index is 0.579. The molecular formula is C106H78N4. The molecule has 0 aromatic heterocycles. The number of hydrogen-bond acceptors (Lipinski definition) is 4. The predicted molar refractivity (Wildman–Crippen MR) is 467 cm³/mol. The lowest BCUT2D eigenvalue weighted by molar-refractivity contribution is 0.922. The maximum atomic E-state index is 2.38. The van der Waals surface area contributed by atoms with Gasteiger partial charge in [0, 0.05) is 73.6 Å². The lowest BCUT2D eigenvalue weighted by atomic mass is 9.91. The summed E-state index contributed by atoms with van der Waals surface area (Å²) in [5.74, 6) is 0.202. The van der Waals surface area contributed by atoms with Crippen molar-refractivity contribution in [2.45, 2.75) is 12.8 Å². The highest BCUT2D eigenvalue weighted by molar-refractivity contribution is 6.02. The second-order valence-corrected chi connectivity index (χ2v) is 28.1. The van der Waals surface area contributed by atoms with Crippen molar-refractivity contribution >= 4 is 89.8 Å². The summed E-state index contributed by atoms with van der Waals surface area (Å²) >= 11 is 0. The molecule has 0 aliphatic rings. The van der Waals surface area contributed by atoms with E-state index in [1.54, 1.807) is 0 Å². The first kappa shape index (κ1) is 67.6. The molecule has 0 aliphatic heterocycles. The Hall–Kier alpha value is -14.3. The third-order valence-electron chi connectivity index (χ3n) is 21.4. The fourth-order valence-electron chi connectivity index (χ4n) is 15.5. The van der Waals surface area contributed by atoms with E-state index in [9.17, 15) is 0 Å². The summed E-state index contributed by atoms with van der Waals surface area (Å²) in [7, 11) is 0. The van der Waals surface area contributed by atoms with E-state index < -0.39 is 0 Å². The van der Waals surface area contributed by atoms with Crippen LogP contribution in [0.2, 0.25) is 0 Å². The van der Waals surface area contributed by atoms with Gasteiger partial charge < -0.3 is 19.6 Å². The SMILES string of the molecule is CC(c1ccc(-c2ccc(N(c3ccccc3)c3cccc4cc(-c5ccc(N(c6ccc(-c7ccccc7)cc6)c6ccc(-c7ccc(-c8ccc(N(c9ccccc9)c9ccc(-c%10ccccc%10)cc9)cc8)cc7)cc6)cc5)ccc34)cc2)cc1)c1ccc(N(c2ccccc2)c2cccc3ccccc23)cc1. The zero-order valence-corrected chi connectivity index (χ0v) is 61.1. The molecule has 0 heterocycles. The van der Waals surface area contributed by atoms with Gasteiger partial charge in [0.25, 0.3) is 0 Å². The van der Waals surface area contributed by atoms with E-state index in [1.165, 1.54) is 71.6 Å². The van der Waals surface area contributed by atoms with Gasteiger partial charge in [0.2, 0.25) is 0 Å².